The summed E-state index contributed by atoms with van der Waals surface area (Å²) in [6.45, 7) is 0. The van der Waals surface area contributed by atoms with E-state index < -0.39 is 11.2 Å². The van der Waals surface area contributed by atoms with Crippen molar-refractivity contribution >= 4 is 5.78 Å². The largest absolute Gasteiger partial charge is 0.386 e. The first-order chi connectivity index (χ1) is 8.07. The van der Waals surface area contributed by atoms with Crippen molar-refractivity contribution in [1.29, 1.82) is 0 Å². The number of aliphatic hydroxyl groups is 2. The first-order valence-corrected chi connectivity index (χ1v) is 6.14. The number of benzene rings is 1. The van der Waals surface area contributed by atoms with E-state index in [0.717, 1.165) is 18.4 Å². The molecular formula is C14H16O3. The van der Waals surface area contributed by atoms with Gasteiger partial charge in [0, 0.05) is 12.0 Å². The molecule has 2 N–H and O–H groups in total. The molecule has 2 atom stereocenters. The second-order valence-corrected chi connectivity index (χ2v) is 5.26. The number of hydrogen-bond donors (Lipinski definition) is 2. The summed E-state index contributed by atoms with van der Waals surface area (Å²) in [6, 6.07) is 7.26. The van der Waals surface area contributed by atoms with Crippen molar-refractivity contribution in [2.45, 2.75) is 43.3 Å². The fourth-order valence-electron chi connectivity index (χ4n) is 3.23. The standard InChI is InChI=1S/C14H16O3/c15-12-11-6-2-1-5-10(11)9-13(16)7-3-4-8-14(12,13)17/h1-2,5-6,16-17H,3-4,7-9H2/t13-,14+/m0/s1. The molecule has 0 bridgehead atoms. The van der Waals surface area contributed by atoms with E-state index in [2.05, 4.69) is 0 Å². The van der Waals surface area contributed by atoms with E-state index in [1.54, 1.807) is 12.1 Å². The molecule has 1 fully saturated rings. The Morgan fingerprint density at radius 1 is 1.06 bits per heavy atom. The van der Waals surface area contributed by atoms with Gasteiger partial charge in [0.1, 0.15) is 5.60 Å². The van der Waals surface area contributed by atoms with Gasteiger partial charge in [-0.3, -0.25) is 4.79 Å². The zero-order chi connectivity index (χ0) is 12.1. The van der Waals surface area contributed by atoms with Gasteiger partial charge in [0.2, 0.25) is 0 Å². The van der Waals surface area contributed by atoms with E-state index in [4.69, 9.17) is 0 Å². The van der Waals surface area contributed by atoms with Crippen LogP contribution in [0.15, 0.2) is 24.3 Å². The zero-order valence-electron chi connectivity index (χ0n) is 9.65. The number of carbonyl (C=O) groups excluding carboxylic acids is 1. The van der Waals surface area contributed by atoms with E-state index in [0.29, 0.717) is 24.8 Å². The molecule has 0 aromatic heterocycles. The second-order valence-electron chi connectivity index (χ2n) is 5.26. The van der Waals surface area contributed by atoms with Gasteiger partial charge >= 0.3 is 0 Å². The van der Waals surface area contributed by atoms with Crippen LogP contribution in [0.2, 0.25) is 0 Å². The van der Waals surface area contributed by atoms with Gasteiger partial charge in [0.15, 0.2) is 11.4 Å². The Bertz CT molecular complexity index is 482. The average molecular weight is 232 g/mol. The van der Waals surface area contributed by atoms with Crippen molar-refractivity contribution < 1.29 is 15.0 Å². The summed E-state index contributed by atoms with van der Waals surface area (Å²) in [5.74, 6) is -0.304. The minimum absolute atomic E-state index is 0.304. The third-order valence-electron chi connectivity index (χ3n) is 4.27. The van der Waals surface area contributed by atoms with Crippen LogP contribution in [-0.2, 0) is 6.42 Å². The van der Waals surface area contributed by atoms with E-state index in [9.17, 15) is 15.0 Å². The lowest BCUT2D eigenvalue weighted by molar-refractivity contribution is -0.150. The topological polar surface area (TPSA) is 57.5 Å². The molecule has 0 heterocycles. The predicted molar refractivity (Wildman–Crippen MR) is 62.8 cm³/mol. The molecule has 3 rings (SSSR count). The summed E-state index contributed by atoms with van der Waals surface area (Å²) in [5, 5.41) is 21.2. The summed E-state index contributed by atoms with van der Waals surface area (Å²) in [5.41, 5.74) is -1.41. The van der Waals surface area contributed by atoms with Gasteiger partial charge < -0.3 is 10.2 Å². The molecule has 1 aromatic carbocycles. The van der Waals surface area contributed by atoms with Crippen LogP contribution in [0.3, 0.4) is 0 Å². The lowest BCUT2D eigenvalue weighted by atomic mass is 9.62. The molecule has 1 aromatic rings. The van der Waals surface area contributed by atoms with Crippen molar-refractivity contribution in [2.75, 3.05) is 0 Å². The molecule has 0 spiro atoms. The van der Waals surface area contributed by atoms with E-state index in [-0.39, 0.29) is 5.78 Å². The first kappa shape index (κ1) is 10.9. The summed E-state index contributed by atoms with van der Waals surface area (Å²) >= 11 is 0. The van der Waals surface area contributed by atoms with Crippen molar-refractivity contribution in [3.8, 4) is 0 Å². The Hall–Kier alpha value is -1.19. The predicted octanol–water partition coefficient (Wildman–Crippen LogP) is 1.46. The number of Topliss-reactive ketones (excluding diaryl/α,β-unsaturated/α-hetero) is 1. The van der Waals surface area contributed by atoms with Crippen LogP contribution < -0.4 is 0 Å². The third-order valence-corrected chi connectivity index (χ3v) is 4.27. The Kier molecular flexibility index (Phi) is 2.19. The summed E-state index contributed by atoms with van der Waals surface area (Å²) < 4.78 is 0. The number of fused-ring (bicyclic) bond motifs is 2. The minimum atomic E-state index is -1.57. The van der Waals surface area contributed by atoms with Gasteiger partial charge in [-0.15, -0.1) is 0 Å². The van der Waals surface area contributed by atoms with Gasteiger partial charge in [-0.05, 0) is 24.8 Å². The maximum Gasteiger partial charge on any atom is 0.197 e. The van der Waals surface area contributed by atoms with Crippen LogP contribution >= 0.6 is 0 Å². The van der Waals surface area contributed by atoms with Crippen LogP contribution in [0.4, 0.5) is 0 Å². The number of rotatable bonds is 0. The average Bonchev–Trinajstić information content (AvgIpc) is 2.32. The molecular weight excluding hydrogens is 216 g/mol. The van der Waals surface area contributed by atoms with Gasteiger partial charge in [-0.25, -0.2) is 0 Å². The number of hydrogen-bond acceptors (Lipinski definition) is 3. The smallest absolute Gasteiger partial charge is 0.197 e. The number of carbonyl (C=O) groups is 1. The maximum absolute atomic E-state index is 12.4. The van der Waals surface area contributed by atoms with E-state index >= 15 is 0 Å². The summed E-state index contributed by atoms with van der Waals surface area (Å²) in [4.78, 5) is 12.4. The first-order valence-electron chi connectivity index (χ1n) is 6.14. The molecule has 3 nitrogen and oxygen atoms in total. The zero-order valence-corrected chi connectivity index (χ0v) is 9.65. The Labute approximate surface area is 100 Å². The molecule has 2 aliphatic carbocycles. The minimum Gasteiger partial charge on any atom is -0.386 e. The van der Waals surface area contributed by atoms with Crippen molar-refractivity contribution in [3.05, 3.63) is 35.4 Å². The molecule has 0 aliphatic heterocycles. The van der Waals surface area contributed by atoms with Crippen molar-refractivity contribution in [1.82, 2.24) is 0 Å². The van der Waals surface area contributed by atoms with Crippen LogP contribution in [0.25, 0.3) is 0 Å². The van der Waals surface area contributed by atoms with Gasteiger partial charge in [-0.1, -0.05) is 30.7 Å². The van der Waals surface area contributed by atoms with Crippen LogP contribution in [-0.4, -0.2) is 27.2 Å². The highest BCUT2D eigenvalue weighted by Gasteiger charge is 2.58. The van der Waals surface area contributed by atoms with Crippen LogP contribution in [0, 0.1) is 0 Å². The molecule has 3 heteroatoms. The molecule has 90 valence electrons. The normalized spacial score (nSPS) is 36.2. The molecule has 17 heavy (non-hydrogen) atoms. The summed E-state index contributed by atoms with van der Waals surface area (Å²) in [7, 11) is 0. The van der Waals surface area contributed by atoms with Gasteiger partial charge in [0.05, 0.1) is 0 Å². The highest BCUT2D eigenvalue weighted by Crippen LogP contribution is 2.45. The maximum atomic E-state index is 12.4. The van der Waals surface area contributed by atoms with Crippen molar-refractivity contribution in [2.24, 2.45) is 0 Å². The van der Waals surface area contributed by atoms with E-state index in [1.807, 2.05) is 12.1 Å². The molecule has 0 radical (unpaired) electrons. The highest BCUT2D eigenvalue weighted by atomic mass is 16.4. The lowest BCUT2D eigenvalue weighted by Gasteiger charge is -2.49. The lowest BCUT2D eigenvalue weighted by Crippen LogP contribution is -2.64. The number of ketones is 1. The van der Waals surface area contributed by atoms with Crippen LogP contribution in [0.1, 0.15) is 41.6 Å². The quantitative estimate of drug-likeness (QED) is 0.712. The Balaban J connectivity index is 2.17. The van der Waals surface area contributed by atoms with Gasteiger partial charge in [-0.2, -0.15) is 0 Å². The highest BCUT2D eigenvalue weighted by molar-refractivity contribution is 6.05. The molecule has 1 saturated carbocycles. The monoisotopic (exact) mass is 232 g/mol. The summed E-state index contributed by atoms with van der Waals surface area (Å²) in [6.07, 6.45) is 2.92. The molecule has 0 unspecified atom stereocenters. The van der Waals surface area contributed by atoms with E-state index in [1.165, 1.54) is 0 Å². The molecule has 2 aliphatic rings. The Morgan fingerprint density at radius 3 is 2.59 bits per heavy atom. The van der Waals surface area contributed by atoms with Crippen molar-refractivity contribution in [3.63, 3.8) is 0 Å². The van der Waals surface area contributed by atoms with Crippen LogP contribution in [0.5, 0.6) is 0 Å². The SMILES string of the molecule is O=C1c2ccccc2C[C@@]2(O)CCCC[C@@]12O. The second kappa shape index (κ2) is 3.40. The Morgan fingerprint density at radius 2 is 1.76 bits per heavy atom. The third kappa shape index (κ3) is 1.33. The van der Waals surface area contributed by atoms with Gasteiger partial charge in [0.25, 0.3) is 0 Å². The molecule has 0 amide bonds. The fraction of sp³-hybridized carbons (Fsp3) is 0.500. The molecule has 0 saturated heterocycles. The fourth-order valence-corrected chi connectivity index (χ4v) is 3.23.